The number of thiazole rings is 1. The van der Waals surface area contributed by atoms with Crippen LogP contribution in [0.2, 0.25) is 0 Å². The average Bonchev–Trinajstić information content (AvgIpc) is 3.53. The first kappa shape index (κ1) is 23.6. The van der Waals surface area contributed by atoms with Gasteiger partial charge in [0.2, 0.25) is 11.8 Å². The number of amides is 2. The summed E-state index contributed by atoms with van der Waals surface area (Å²) < 4.78 is 1.66. The van der Waals surface area contributed by atoms with Crippen LogP contribution in [0.25, 0.3) is 10.2 Å². The van der Waals surface area contributed by atoms with Gasteiger partial charge in [-0.15, -0.1) is 11.3 Å². The van der Waals surface area contributed by atoms with Crippen LogP contribution in [0.3, 0.4) is 0 Å². The smallest absolute Gasteiger partial charge is 0.307 e. The number of benzene rings is 2. The Morgan fingerprint density at radius 1 is 1.06 bits per heavy atom. The van der Waals surface area contributed by atoms with Gasteiger partial charge < -0.3 is 15.7 Å². The van der Waals surface area contributed by atoms with Crippen LogP contribution >= 0.6 is 23.1 Å². The van der Waals surface area contributed by atoms with Crippen molar-refractivity contribution in [1.82, 2.24) is 4.98 Å². The lowest BCUT2D eigenvalue weighted by atomic mass is 9.82. The highest BCUT2D eigenvalue weighted by Crippen LogP contribution is 2.48. The van der Waals surface area contributed by atoms with E-state index in [2.05, 4.69) is 15.6 Å². The van der Waals surface area contributed by atoms with Gasteiger partial charge in [-0.3, -0.25) is 14.4 Å². The number of carboxylic acids is 1. The Bertz CT molecular complexity index is 1370. The topological polar surface area (TPSA) is 108 Å². The molecule has 1 aromatic heterocycles. The molecule has 1 saturated carbocycles. The molecule has 4 atom stereocenters. The molecule has 1 heterocycles. The lowest BCUT2D eigenvalue weighted by molar-refractivity contribution is -0.146. The van der Waals surface area contributed by atoms with Gasteiger partial charge in [0.15, 0.2) is 4.34 Å². The maximum Gasteiger partial charge on any atom is 0.307 e. The van der Waals surface area contributed by atoms with Crippen LogP contribution in [0, 0.1) is 37.5 Å². The van der Waals surface area contributed by atoms with Gasteiger partial charge >= 0.3 is 5.97 Å². The van der Waals surface area contributed by atoms with Crippen LogP contribution in [0.5, 0.6) is 0 Å². The fourth-order valence-corrected chi connectivity index (χ4v) is 6.96. The van der Waals surface area contributed by atoms with Crippen molar-refractivity contribution in [2.75, 3.05) is 16.4 Å². The average molecular weight is 508 g/mol. The van der Waals surface area contributed by atoms with Gasteiger partial charge in [0.1, 0.15) is 0 Å². The van der Waals surface area contributed by atoms with E-state index in [9.17, 15) is 19.5 Å². The Morgan fingerprint density at radius 2 is 1.83 bits per heavy atom. The van der Waals surface area contributed by atoms with Crippen LogP contribution in [0.4, 0.5) is 11.4 Å². The number of aliphatic carboxylic acids is 1. The molecule has 3 N–H and O–H groups in total. The number of hydrogen-bond acceptors (Lipinski definition) is 6. The molecule has 2 aliphatic carbocycles. The third-order valence-corrected chi connectivity index (χ3v) is 8.83. The Morgan fingerprint density at radius 3 is 2.57 bits per heavy atom. The third-order valence-electron chi connectivity index (χ3n) is 6.67. The number of fused-ring (bicyclic) bond motifs is 3. The van der Waals surface area contributed by atoms with Crippen molar-refractivity contribution >= 4 is 62.5 Å². The van der Waals surface area contributed by atoms with Crippen LogP contribution in [0.1, 0.15) is 17.5 Å². The van der Waals surface area contributed by atoms with E-state index in [-0.39, 0.29) is 29.4 Å². The maximum absolute atomic E-state index is 13.0. The number of rotatable bonds is 7. The number of aryl methyl sites for hydroxylation is 2. The molecule has 2 aliphatic rings. The zero-order valence-corrected chi connectivity index (χ0v) is 20.9. The third kappa shape index (κ3) is 4.83. The van der Waals surface area contributed by atoms with Crippen molar-refractivity contribution in [2.45, 2.75) is 24.6 Å². The minimum absolute atomic E-state index is 0.0221. The summed E-state index contributed by atoms with van der Waals surface area (Å²) in [5.41, 5.74) is 4.38. The molecule has 2 bridgehead atoms. The Kier molecular flexibility index (Phi) is 6.37. The van der Waals surface area contributed by atoms with Gasteiger partial charge in [0.05, 0.1) is 27.8 Å². The van der Waals surface area contributed by atoms with E-state index in [1.165, 1.54) is 23.1 Å². The number of hydrogen-bond donors (Lipinski definition) is 3. The molecule has 2 amide bonds. The summed E-state index contributed by atoms with van der Waals surface area (Å²) in [4.78, 5) is 41.7. The van der Waals surface area contributed by atoms with Gasteiger partial charge in [0.25, 0.3) is 0 Å². The lowest BCUT2D eigenvalue weighted by Gasteiger charge is -2.23. The van der Waals surface area contributed by atoms with Crippen LogP contribution in [-0.2, 0) is 14.4 Å². The van der Waals surface area contributed by atoms with Gasteiger partial charge in [-0.05, 0) is 61.9 Å². The zero-order valence-electron chi connectivity index (χ0n) is 19.3. The number of carboxylic acid groups (broad SMARTS) is 1. The Balaban J connectivity index is 1.22. The molecule has 0 radical (unpaired) electrons. The standard InChI is InChI=1S/C26H25N3O4S2/c1-13-3-7-18(14(2)9-13)28-21(30)12-34-26-29-19-8-6-17(11-20(19)35-26)27-24(31)22-15-4-5-16(10-15)23(22)25(32)33/h3-9,11,15-16,22-23H,10,12H2,1-2H3,(H,27,31)(H,28,30)(H,32,33)/t15-,16-,22-,23+/m0/s1. The molecule has 3 aromatic rings. The number of carbonyl (C=O) groups excluding carboxylic acids is 2. The van der Waals surface area contributed by atoms with Crippen molar-refractivity contribution in [3.05, 3.63) is 59.7 Å². The second-order valence-corrected chi connectivity index (χ2v) is 11.4. The Labute approximate surface area is 211 Å². The summed E-state index contributed by atoms with van der Waals surface area (Å²) in [6.45, 7) is 3.98. The molecule has 9 heteroatoms. The van der Waals surface area contributed by atoms with E-state index in [4.69, 9.17) is 0 Å². The first-order chi connectivity index (χ1) is 16.8. The predicted molar refractivity (Wildman–Crippen MR) is 139 cm³/mol. The van der Waals surface area contributed by atoms with E-state index >= 15 is 0 Å². The van der Waals surface area contributed by atoms with E-state index in [1.54, 1.807) is 6.07 Å². The largest absolute Gasteiger partial charge is 0.481 e. The first-order valence-electron chi connectivity index (χ1n) is 11.4. The number of anilines is 2. The van der Waals surface area contributed by atoms with Crippen molar-refractivity contribution in [3.63, 3.8) is 0 Å². The fraction of sp³-hybridized carbons (Fsp3) is 0.308. The van der Waals surface area contributed by atoms with Crippen molar-refractivity contribution < 1.29 is 19.5 Å². The van der Waals surface area contributed by atoms with Crippen molar-refractivity contribution in [2.24, 2.45) is 23.7 Å². The summed E-state index contributed by atoms with van der Waals surface area (Å²) in [6, 6.07) is 11.4. The highest BCUT2D eigenvalue weighted by molar-refractivity contribution is 8.01. The van der Waals surface area contributed by atoms with E-state index in [0.29, 0.717) is 5.69 Å². The van der Waals surface area contributed by atoms with E-state index in [1.807, 2.05) is 56.3 Å². The summed E-state index contributed by atoms with van der Waals surface area (Å²) in [6.07, 6.45) is 4.62. The zero-order chi connectivity index (χ0) is 24.7. The number of carbonyl (C=O) groups is 3. The van der Waals surface area contributed by atoms with Crippen LogP contribution in [0.15, 0.2) is 52.9 Å². The van der Waals surface area contributed by atoms with E-state index < -0.39 is 17.8 Å². The monoisotopic (exact) mass is 507 g/mol. The molecule has 35 heavy (non-hydrogen) atoms. The summed E-state index contributed by atoms with van der Waals surface area (Å²) >= 11 is 2.83. The summed E-state index contributed by atoms with van der Waals surface area (Å²) in [5, 5.41) is 15.5. The fourth-order valence-electron chi connectivity index (χ4n) is 5.05. The number of aromatic nitrogens is 1. The molecule has 5 rings (SSSR count). The lowest BCUT2D eigenvalue weighted by Crippen LogP contribution is -2.36. The molecule has 0 unspecified atom stereocenters. The van der Waals surface area contributed by atoms with E-state index in [0.717, 1.165) is 37.8 Å². The molecule has 1 fully saturated rings. The van der Waals surface area contributed by atoms with Gasteiger partial charge in [-0.1, -0.05) is 41.6 Å². The molecule has 0 aliphatic heterocycles. The number of thioether (sulfide) groups is 1. The normalized spacial score (nSPS) is 22.5. The first-order valence-corrected chi connectivity index (χ1v) is 13.2. The number of nitrogens with one attached hydrogen (secondary N) is 2. The Hall–Kier alpha value is -3.17. The second-order valence-electron chi connectivity index (χ2n) is 9.14. The molecular formula is C26H25N3O4S2. The predicted octanol–water partition coefficient (Wildman–Crippen LogP) is 5.11. The molecule has 7 nitrogen and oxygen atoms in total. The SMILES string of the molecule is Cc1ccc(NC(=O)CSc2nc3ccc(NC(=O)[C@@H]4[C@H](C(=O)O)[C@H]5C=C[C@H]4C5)cc3s2)c(C)c1. The maximum atomic E-state index is 13.0. The van der Waals surface area contributed by atoms with Crippen molar-refractivity contribution in [1.29, 1.82) is 0 Å². The molecule has 0 saturated heterocycles. The quantitative estimate of drug-likeness (QED) is 0.303. The molecule has 2 aromatic carbocycles. The summed E-state index contributed by atoms with van der Waals surface area (Å²) in [5.74, 6) is -2.34. The number of nitrogens with zero attached hydrogens (tertiary/aromatic N) is 1. The second kappa shape index (κ2) is 9.47. The number of allylic oxidation sites excluding steroid dienone is 2. The van der Waals surface area contributed by atoms with Gasteiger partial charge in [-0.25, -0.2) is 4.98 Å². The molecular weight excluding hydrogens is 482 g/mol. The van der Waals surface area contributed by atoms with Crippen molar-refractivity contribution in [3.8, 4) is 0 Å². The van der Waals surface area contributed by atoms with Gasteiger partial charge in [-0.2, -0.15) is 0 Å². The molecule has 180 valence electrons. The minimum Gasteiger partial charge on any atom is -0.481 e. The summed E-state index contributed by atoms with van der Waals surface area (Å²) in [7, 11) is 0. The highest BCUT2D eigenvalue weighted by Gasteiger charge is 2.51. The molecule has 0 spiro atoms. The van der Waals surface area contributed by atoms with Gasteiger partial charge in [0, 0.05) is 11.4 Å². The minimum atomic E-state index is -0.914. The van der Waals surface area contributed by atoms with Crippen LogP contribution < -0.4 is 10.6 Å². The van der Waals surface area contributed by atoms with Crippen LogP contribution in [-0.4, -0.2) is 33.6 Å². The highest BCUT2D eigenvalue weighted by atomic mass is 32.2.